The van der Waals surface area contributed by atoms with E-state index in [-0.39, 0.29) is 5.91 Å². The van der Waals surface area contributed by atoms with Crippen molar-refractivity contribution in [3.05, 3.63) is 0 Å². The maximum absolute atomic E-state index is 12.0. The summed E-state index contributed by atoms with van der Waals surface area (Å²) in [6.07, 6.45) is 0.407. The van der Waals surface area contributed by atoms with Gasteiger partial charge < -0.3 is 10.2 Å². The smallest absolute Gasteiger partial charge is 0.236 e. The molecule has 2 fully saturated rings. The average Bonchev–Trinajstić information content (AvgIpc) is 2.36. The maximum Gasteiger partial charge on any atom is 0.236 e. The van der Waals surface area contributed by atoms with Crippen molar-refractivity contribution >= 4 is 5.91 Å². The highest BCUT2D eigenvalue weighted by atomic mass is 16.2. The molecule has 2 heterocycles. The van der Waals surface area contributed by atoms with Crippen molar-refractivity contribution in [3.8, 4) is 6.07 Å². The lowest BCUT2D eigenvalue weighted by atomic mass is 10.1. The Kier molecular flexibility index (Phi) is 5.14. The van der Waals surface area contributed by atoms with Crippen LogP contribution in [0.25, 0.3) is 0 Å². The molecule has 2 saturated heterocycles. The molecule has 0 unspecified atom stereocenters. The van der Waals surface area contributed by atoms with Crippen molar-refractivity contribution in [1.82, 2.24) is 20.0 Å². The van der Waals surface area contributed by atoms with Gasteiger partial charge in [0, 0.05) is 58.9 Å². The van der Waals surface area contributed by atoms with Crippen LogP contribution in [0.1, 0.15) is 6.42 Å². The molecule has 0 aliphatic carbocycles. The fraction of sp³-hybridized carbons (Fsp3) is 0.846. The minimum Gasteiger partial charge on any atom is -0.344 e. The number of nitrogens with zero attached hydrogens (tertiary/aromatic N) is 4. The van der Waals surface area contributed by atoms with E-state index in [9.17, 15) is 4.79 Å². The number of amides is 1. The molecule has 6 heteroatoms. The summed E-state index contributed by atoms with van der Waals surface area (Å²) in [7, 11) is 1.77. The summed E-state index contributed by atoms with van der Waals surface area (Å²) in [5, 5.41) is 11.8. The number of nitrogens with one attached hydrogen (secondary N) is 1. The monoisotopic (exact) mass is 265 g/mol. The van der Waals surface area contributed by atoms with Crippen LogP contribution in [-0.2, 0) is 4.79 Å². The van der Waals surface area contributed by atoms with Crippen LogP contribution in [0.4, 0.5) is 0 Å². The van der Waals surface area contributed by atoms with Crippen LogP contribution in [0.15, 0.2) is 0 Å². The molecule has 0 radical (unpaired) electrons. The first-order valence-corrected chi connectivity index (χ1v) is 6.98. The Morgan fingerprint density at radius 2 is 2.05 bits per heavy atom. The molecular weight excluding hydrogens is 242 g/mol. The number of hydrogen-bond donors (Lipinski definition) is 1. The average molecular weight is 265 g/mol. The summed E-state index contributed by atoms with van der Waals surface area (Å²) >= 11 is 0. The molecule has 0 aromatic carbocycles. The highest BCUT2D eigenvalue weighted by Gasteiger charge is 2.28. The largest absolute Gasteiger partial charge is 0.344 e. The van der Waals surface area contributed by atoms with Crippen LogP contribution in [-0.4, -0.2) is 86.1 Å². The van der Waals surface area contributed by atoms with Gasteiger partial charge in [0.1, 0.15) is 0 Å². The topological polar surface area (TPSA) is 62.6 Å². The number of likely N-dealkylation sites (N-methyl/N-ethyl adjacent to an activating group) is 1. The van der Waals surface area contributed by atoms with E-state index in [1.807, 2.05) is 0 Å². The lowest BCUT2D eigenvalue weighted by Gasteiger charge is -2.43. The standard InChI is InChI=1S/C13H23N5O/c1-16(4-2-3-14)13(19)11-17-5-7-18(8-6-17)12-9-15-10-12/h12,15H,2,4-11H2,1H3. The van der Waals surface area contributed by atoms with Gasteiger partial charge in [-0.1, -0.05) is 0 Å². The van der Waals surface area contributed by atoms with Crippen molar-refractivity contribution in [2.45, 2.75) is 12.5 Å². The lowest BCUT2D eigenvalue weighted by Crippen LogP contribution is -2.62. The molecule has 0 aromatic heterocycles. The third-order valence-electron chi connectivity index (χ3n) is 4.03. The minimum atomic E-state index is 0.119. The fourth-order valence-electron chi connectivity index (χ4n) is 2.47. The van der Waals surface area contributed by atoms with Crippen LogP contribution >= 0.6 is 0 Å². The van der Waals surface area contributed by atoms with Crippen LogP contribution in [0, 0.1) is 11.3 Å². The first-order chi connectivity index (χ1) is 9.20. The highest BCUT2D eigenvalue weighted by molar-refractivity contribution is 5.78. The van der Waals surface area contributed by atoms with Gasteiger partial charge in [0.2, 0.25) is 5.91 Å². The maximum atomic E-state index is 12.0. The molecule has 0 aromatic rings. The first-order valence-electron chi connectivity index (χ1n) is 6.98. The molecule has 6 nitrogen and oxygen atoms in total. The second-order valence-electron chi connectivity index (χ2n) is 5.35. The Morgan fingerprint density at radius 3 is 2.58 bits per heavy atom. The van der Waals surface area contributed by atoms with Crippen molar-refractivity contribution in [2.24, 2.45) is 0 Å². The van der Waals surface area contributed by atoms with Gasteiger partial charge in [0.15, 0.2) is 0 Å². The summed E-state index contributed by atoms with van der Waals surface area (Å²) in [5.41, 5.74) is 0. The van der Waals surface area contributed by atoms with E-state index in [4.69, 9.17) is 5.26 Å². The van der Waals surface area contributed by atoms with Crippen molar-refractivity contribution in [1.29, 1.82) is 5.26 Å². The van der Waals surface area contributed by atoms with Crippen molar-refractivity contribution < 1.29 is 4.79 Å². The van der Waals surface area contributed by atoms with Crippen LogP contribution in [0.5, 0.6) is 0 Å². The zero-order chi connectivity index (χ0) is 13.7. The van der Waals surface area contributed by atoms with Gasteiger partial charge in [-0.25, -0.2) is 0 Å². The van der Waals surface area contributed by atoms with E-state index in [2.05, 4.69) is 21.2 Å². The Hall–Kier alpha value is -1.16. The van der Waals surface area contributed by atoms with E-state index < -0.39 is 0 Å². The number of carbonyl (C=O) groups excluding carboxylic acids is 1. The lowest BCUT2D eigenvalue weighted by molar-refractivity contribution is -0.131. The molecule has 0 bridgehead atoms. The SMILES string of the molecule is CN(CCC#N)C(=O)CN1CCN(C2CNC2)CC1. The van der Waals surface area contributed by atoms with Gasteiger partial charge in [-0.2, -0.15) is 5.26 Å². The molecule has 2 aliphatic rings. The zero-order valence-electron chi connectivity index (χ0n) is 11.6. The van der Waals surface area contributed by atoms with E-state index >= 15 is 0 Å². The van der Waals surface area contributed by atoms with Crippen LogP contribution in [0.2, 0.25) is 0 Å². The Balaban J connectivity index is 1.67. The van der Waals surface area contributed by atoms with Gasteiger partial charge in [-0.15, -0.1) is 0 Å². The number of nitriles is 1. The summed E-state index contributed by atoms with van der Waals surface area (Å²) in [6.45, 7) is 7.28. The number of hydrogen-bond acceptors (Lipinski definition) is 5. The molecule has 19 heavy (non-hydrogen) atoms. The Bertz CT molecular complexity index is 341. The summed E-state index contributed by atoms with van der Waals surface area (Å²) in [6, 6.07) is 2.77. The number of rotatable bonds is 5. The molecule has 1 amide bonds. The summed E-state index contributed by atoms with van der Waals surface area (Å²) < 4.78 is 0. The molecule has 1 N–H and O–H groups in total. The number of piperazine rings is 1. The van der Waals surface area contributed by atoms with E-state index in [0.717, 1.165) is 39.3 Å². The predicted molar refractivity (Wildman–Crippen MR) is 72.5 cm³/mol. The minimum absolute atomic E-state index is 0.119. The predicted octanol–water partition coefficient (Wildman–Crippen LogP) is -1.05. The molecule has 2 aliphatic heterocycles. The molecule has 106 valence electrons. The van der Waals surface area contributed by atoms with Gasteiger partial charge in [0.05, 0.1) is 19.0 Å². The van der Waals surface area contributed by atoms with Crippen LogP contribution in [0.3, 0.4) is 0 Å². The number of carbonyl (C=O) groups is 1. The molecule has 0 spiro atoms. The molecule has 0 saturated carbocycles. The zero-order valence-corrected chi connectivity index (χ0v) is 11.6. The highest BCUT2D eigenvalue weighted by Crippen LogP contribution is 2.09. The second kappa shape index (κ2) is 6.85. The Labute approximate surface area is 114 Å². The third kappa shape index (κ3) is 3.90. The first kappa shape index (κ1) is 14.3. The van der Waals surface area contributed by atoms with Crippen molar-refractivity contribution in [2.75, 3.05) is 59.4 Å². The normalized spacial score (nSPS) is 21.7. The molecular formula is C13H23N5O. The van der Waals surface area contributed by atoms with E-state index in [1.54, 1.807) is 11.9 Å². The van der Waals surface area contributed by atoms with Crippen LogP contribution < -0.4 is 5.32 Å². The van der Waals surface area contributed by atoms with Gasteiger partial charge >= 0.3 is 0 Å². The summed E-state index contributed by atoms with van der Waals surface area (Å²) in [4.78, 5) is 18.3. The second-order valence-corrected chi connectivity index (χ2v) is 5.35. The quantitative estimate of drug-likeness (QED) is 0.687. The van der Waals surface area contributed by atoms with Gasteiger partial charge in [0.25, 0.3) is 0 Å². The van der Waals surface area contributed by atoms with Crippen molar-refractivity contribution in [3.63, 3.8) is 0 Å². The van der Waals surface area contributed by atoms with E-state index in [0.29, 0.717) is 25.6 Å². The van der Waals surface area contributed by atoms with E-state index in [1.165, 1.54) is 0 Å². The Morgan fingerprint density at radius 1 is 1.37 bits per heavy atom. The third-order valence-corrected chi connectivity index (χ3v) is 4.03. The van der Waals surface area contributed by atoms with Gasteiger partial charge in [-0.3, -0.25) is 14.6 Å². The van der Waals surface area contributed by atoms with Gasteiger partial charge in [-0.05, 0) is 0 Å². The molecule has 2 rings (SSSR count). The fourth-order valence-corrected chi connectivity index (χ4v) is 2.47. The summed E-state index contributed by atoms with van der Waals surface area (Å²) in [5.74, 6) is 0.119. The molecule has 0 atom stereocenters.